The fourth-order valence-corrected chi connectivity index (χ4v) is 0. The van der Waals surface area contributed by atoms with Crippen molar-refractivity contribution in [3.8, 4) is 0 Å². The van der Waals surface area contributed by atoms with Gasteiger partial charge in [-0.15, -0.1) is 0 Å². The molecule has 5 heavy (non-hydrogen) atoms. The van der Waals surface area contributed by atoms with E-state index in [0.717, 1.165) is 4.57 Å². The van der Waals surface area contributed by atoms with Gasteiger partial charge in [0.05, 0.1) is 0 Å². The van der Waals surface area contributed by atoms with E-state index in [1.807, 2.05) is 6.92 Å². The van der Waals surface area contributed by atoms with Crippen LogP contribution in [0.25, 0.3) is 0 Å². The molecule has 1 nitrogen and oxygen atoms in total. The molecule has 0 fully saturated rings. The van der Waals surface area contributed by atoms with Gasteiger partial charge in [-0.05, 0) is 0 Å². The molecule has 0 aliphatic heterocycles. The van der Waals surface area contributed by atoms with Crippen LogP contribution in [0.5, 0.6) is 0 Å². The van der Waals surface area contributed by atoms with Crippen molar-refractivity contribution in [3.63, 3.8) is 0 Å². The third-order valence-electron chi connectivity index (χ3n) is 0.287. The van der Waals surface area contributed by atoms with Crippen LogP contribution in [0.15, 0.2) is 0 Å². The van der Waals surface area contributed by atoms with E-state index >= 15 is 0 Å². The maximum absolute atomic E-state index is 4.61. The zero-order valence-corrected chi connectivity index (χ0v) is 4.59. The first-order chi connectivity index (χ1) is 2.27. The minimum atomic E-state index is 0.880. The summed E-state index contributed by atoms with van der Waals surface area (Å²) >= 11 is 2.68. The molecule has 0 saturated carbocycles. The molecule has 0 saturated heterocycles. The van der Waals surface area contributed by atoms with Crippen LogP contribution in [-0.4, -0.2) is 11.7 Å². The standard InChI is InChI=1S/C3H6O.Cr/c1-3-4-2;/h1-2H3;. The van der Waals surface area contributed by atoms with E-state index in [1.165, 1.54) is 0 Å². The Morgan fingerprint density at radius 2 is 2.00 bits per heavy atom. The summed E-state index contributed by atoms with van der Waals surface area (Å²) in [5.74, 6) is 0. The van der Waals surface area contributed by atoms with Crippen molar-refractivity contribution in [1.29, 1.82) is 0 Å². The van der Waals surface area contributed by atoms with Crippen molar-refractivity contribution in [2.45, 2.75) is 6.92 Å². The zero-order valence-electron chi connectivity index (χ0n) is 3.32. The molecule has 0 aliphatic carbocycles. The summed E-state index contributed by atoms with van der Waals surface area (Å²) in [6.07, 6.45) is 0. The molecule has 0 unspecified atom stereocenters. The number of methoxy groups -OCH3 is 1. The number of hydrogen-bond acceptors (Lipinski definition) is 1. The van der Waals surface area contributed by atoms with Gasteiger partial charge in [-0.2, -0.15) is 0 Å². The van der Waals surface area contributed by atoms with Crippen molar-refractivity contribution in [3.05, 3.63) is 0 Å². The molecule has 0 bridgehead atoms. The van der Waals surface area contributed by atoms with Gasteiger partial charge >= 0.3 is 39.2 Å². The van der Waals surface area contributed by atoms with Gasteiger partial charge in [-0.3, -0.25) is 0 Å². The molecule has 30 valence electrons. The second kappa shape index (κ2) is 2.59. The normalized spacial score (nSPS) is 7.60. The van der Waals surface area contributed by atoms with E-state index in [1.54, 1.807) is 7.11 Å². The zero-order chi connectivity index (χ0) is 4.28. The van der Waals surface area contributed by atoms with Crippen molar-refractivity contribution in [1.82, 2.24) is 0 Å². The summed E-state index contributed by atoms with van der Waals surface area (Å²) < 4.78 is 5.49. The van der Waals surface area contributed by atoms with Gasteiger partial charge in [-0.1, -0.05) is 0 Å². The number of ether oxygens (including phenoxy) is 1. The van der Waals surface area contributed by atoms with Crippen LogP contribution in [0.1, 0.15) is 6.92 Å². The van der Waals surface area contributed by atoms with E-state index < -0.39 is 0 Å². The topological polar surface area (TPSA) is 9.23 Å². The van der Waals surface area contributed by atoms with Crippen LogP contribution in [0, 0.1) is 0 Å². The molecule has 0 atom stereocenters. The first kappa shape index (κ1) is 5.36. The molecule has 2 heteroatoms. The van der Waals surface area contributed by atoms with Crippen LogP contribution >= 0.6 is 0 Å². The Morgan fingerprint density at radius 3 is 2.00 bits per heavy atom. The molecule has 0 spiro atoms. The van der Waals surface area contributed by atoms with E-state index in [-0.39, 0.29) is 0 Å². The van der Waals surface area contributed by atoms with E-state index in [2.05, 4.69) is 20.6 Å². The van der Waals surface area contributed by atoms with Crippen LogP contribution in [0.2, 0.25) is 0 Å². The predicted octanol–water partition coefficient (Wildman–Crippen LogP) is 0.329. The Balaban J connectivity index is 2.85. The van der Waals surface area contributed by atoms with Gasteiger partial charge < -0.3 is 0 Å². The third kappa shape index (κ3) is 4.36. The molecule has 0 rings (SSSR count). The molecule has 0 aromatic rings. The summed E-state index contributed by atoms with van der Waals surface area (Å²) in [4.78, 5) is 0. The third-order valence-corrected chi connectivity index (χ3v) is 0.548. The van der Waals surface area contributed by atoms with Crippen molar-refractivity contribution in [2.24, 2.45) is 0 Å². The van der Waals surface area contributed by atoms with Gasteiger partial charge in [0.15, 0.2) is 0 Å². The average molecular weight is 110 g/mol. The Kier molecular flexibility index (Phi) is 2.78. The van der Waals surface area contributed by atoms with Crippen LogP contribution in [-0.2, 0) is 20.6 Å². The predicted molar refractivity (Wildman–Crippen MR) is 17.7 cm³/mol. The summed E-state index contributed by atoms with van der Waals surface area (Å²) in [5.41, 5.74) is 0. The SMILES string of the molecule is CO[C](C)=[Cr]. The summed E-state index contributed by atoms with van der Waals surface area (Å²) in [7, 11) is 1.63. The first-order valence-electron chi connectivity index (χ1n) is 1.32. The molecule has 0 aromatic carbocycles. The Hall–Kier alpha value is 0.362. The average Bonchev–Trinajstić information content (AvgIpc) is 1.38. The van der Waals surface area contributed by atoms with Crippen LogP contribution in [0.4, 0.5) is 0 Å². The maximum atomic E-state index is 4.61. The van der Waals surface area contributed by atoms with E-state index in [9.17, 15) is 0 Å². The monoisotopic (exact) mass is 110 g/mol. The van der Waals surface area contributed by atoms with Crippen LogP contribution in [0.3, 0.4) is 0 Å². The molecular formula is C3H6CrO. The Labute approximate surface area is 39.9 Å². The van der Waals surface area contributed by atoms with Crippen molar-refractivity contribution < 1.29 is 20.6 Å². The molecule has 0 amide bonds. The van der Waals surface area contributed by atoms with E-state index in [4.69, 9.17) is 0 Å². The van der Waals surface area contributed by atoms with Crippen molar-refractivity contribution >= 4 is 4.57 Å². The Bertz CT molecular complexity index is 42.2. The minimum absolute atomic E-state index is 0.880. The molecule has 0 aliphatic rings. The number of rotatable bonds is 1. The van der Waals surface area contributed by atoms with Gasteiger partial charge in [0.25, 0.3) is 0 Å². The van der Waals surface area contributed by atoms with Crippen molar-refractivity contribution in [2.75, 3.05) is 7.11 Å². The molecular weight excluding hydrogens is 104 g/mol. The fourth-order valence-electron chi connectivity index (χ4n) is 0. The second-order valence-electron chi connectivity index (χ2n) is 0.696. The Morgan fingerprint density at radius 1 is 1.80 bits per heavy atom. The van der Waals surface area contributed by atoms with Gasteiger partial charge in [0.2, 0.25) is 0 Å². The summed E-state index contributed by atoms with van der Waals surface area (Å²) in [6, 6.07) is 0. The molecule has 0 aromatic heterocycles. The van der Waals surface area contributed by atoms with E-state index in [0.29, 0.717) is 0 Å². The summed E-state index contributed by atoms with van der Waals surface area (Å²) in [6.45, 7) is 1.86. The number of hydrogen-bond donors (Lipinski definition) is 0. The molecule has 0 N–H and O–H groups in total. The molecule has 0 radical (unpaired) electrons. The van der Waals surface area contributed by atoms with Crippen LogP contribution < -0.4 is 0 Å². The second-order valence-corrected chi connectivity index (χ2v) is 1.59. The first-order valence-corrected chi connectivity index (χ1v) is 1.95. The van der Waals surface area contributed by atoms with Gasteiger partial charge in [0, 0.05) is 0 Å². The quantitative estimate of drug-likeness (QED) is 0.472. The molecule has 0 heterocycles. The van der Waals surface area contributed by atoms with Gasteiger partial charge in [-0.25, -0.2) is 0 Å². The fraction of sp³-hybridized carbons (Fsp3) is 0.667. The summed E-state index contributed by atoms with van der Waals surface area (Å²) in [5, 5.41) is 0. The van der Waals surface area contributed by atoms with Gasteiger partial charge in [0.1, 0.15) is 0 Å².